The van der Waals surface area contributed by atoms with Crippen LogP contribution in [0.3, 0.4) is 0 Å². The number of hydrogen-bond donors (Lipinski definition) is 0. The van der Waals surface area contributed by atoms with Crippen molar-refractivity contribution in [1.82, 2.24) is 0 Å². The molecule has 148 valence electrons. The molecule has 0 fully saturated rings. The third-order valence-electron chi connectivity index (χ3n) is 4.98. The lowest BCUT2D eigenvalue weighted by molar-refractivity contribution is -0.434. The largest absolute Gasteiger partial charge is 0.493 e. The van der Waals surface area contributed by atoms with Crippen LogP contribution in [0.25, 0.3) is 16.8 Å². The van der Waals surface area contributed by atoms with Crippen LogP contribution in [0.2, 0.25) is 5.02 Å². The zero-order chi connectivity index (χ0) is 20.7. The predicted octanol–water partition coefficient (Wildman–Crippen LogP) is 5.57. The quantitative estimate of drug-likeness (QED) is 0.414. The average Bonchev–Trinajstić information content (AvgIpc) is 2.71. The first kappa shape index (κ1) is 19.1. The van der Waals surface area contributed by atoms with Crippen molar-refractivity contribution in [3.8, 4) is 17.2 Å². The van der Waals surface area contributed by atoms with Gasteiger partial charge in [0, 0.05) is 22.2 Å². The Bertz CT molecular complexity index is 1170. The topological polar surface area (TPSA) is 70.8 Å². The lowest BCUT2D eigenvalue weighted by Crippen LogP contribution is -2.20. The highest BCUT2D eigenvalue weighted by Gasteiger charge is 2.35. The Hall–Kier alpha value is -3.25. The Kier molecular flexibility index (Phi) is 4.80. The number of hydrogen-bond acceptors (Lipinski definition) is 5. The molecule has 0 aromatic heterocycles. The van der Waals surface area contributed by atoms with Gasteiger partial charge < -0.3 is 14.2 Å². The van der Waals surface area contributed by atoms with E-state index in [1.165, 1.54) is 0 Å². The summed E-state index contributed by atoms with van der Waals surface area (Å²) in [6.07, 6.45) is 0.650. The van der Waals surface area contributed by atoms with E-state index in [4.69, 9.17) is 25.8 Å². The first-order chi connectivity index (χ1) is 13.9. The van der Waals surface area contributed by atoms with Crippen molar-refractivity contribution in [2.24, 2.45) is 0 Å². The standard InChI is InChI=1S/C22H18ClNO5/c1-12-4-6-14(17(23)8-12)22-18(24(25)26)10-16-15-11-21(28-3)20(27-2)9-13(15)5-7-19(16)29-22/h4-11,22H,1-3H3. The van der Waals surface area contributed by atoms with Gasteiger partial charge in [-0.2, -0.15) is 0 Å². The minimum atomic E-state index is -0.900. The van der Waals surface area contributed by atoms with Gasteiger partial charge in [0.1, 0.15) is 5.75 Å². The first-order valence-corrected chi connectivity index (χ1v) is 9.28. The fourth-order valence-corrected chi connectivity index (χ4v) is 3.87. The van der Waals surface area contributed by atoms with Gasteiger partial charge in [-0.05, 0) is 47.5 Å². The smallest absolute Gasteiger partial charge is 0.291 e. The summed E-state index contributed by atoms with van der Waals surface area (Å²) in [5, 5.41) is 13.9. The van der Waals surface area contributed by atoms with E-state index in [9.17, 15) is 10.1 Å². The normalized spacial score (nSPS) is 15.3. The monoisotopic (exact) mass is 411 g/mol. The number of benzene rings is 3. The van der Waals surface area contributed by atoms with E-state index in [1.54, 1.807) is 44.6 Å². The molecule has 0 saturated heterocycles. The number of halogens is 1. The molecule has 0 N–H and O–H groups in total. The lowest BCUT2D eigenvalue weighted by atomic mass is 9.96. The van der Waals surface area contributed by atoms with Gasteiger partial charge in [-0.3, -0.25) is 10.1 Å². The van der Waals surface area contributed by atoms with E-state index >= 15 is 0 Å². The molecule has 0 radical (unpaired) electrons. The Morgan fingerprint density at radius 2 is 1.79 bits per heavy atom. The van der Waals surface area contributed by atoms with E-state index in [0.717, 1.165) is 16.3 Å². The summed E-state index contributed by atoms with van der Waals surface area (Å²) in [6.45, 7) is 1.91. The summed E-state index contributed by atoms with van der Waals surface area (Å²) < 4.78 is 16.8. The number of fused-ring (bicyclic) bond motifs is 3. The molecule has 4 rings (SSSR count). The van der Waals surface area contributed by atoms with Crippen molar-refractivity contribution in [3.05, 3.63) is 80.0 Å². The first-order valence-electron chi connectivity index (χ1n) is 8.90. The van der Waals surface area contributed by atoms with Crippen LogP contribution in [0, 0.1) is 17.0 Å². The minimum absolute atomic E-state index is 0.0782. The summed E-state index contributed by atoms with van der Waals surface area (Å²) in [4.78, 5) is 11.4. The minimum Gasteiger partial charge on any atom is -0.493 e. The van der Waals surface area contributed by atoms with Gasteiger partial charge in [-0.1, -0.05) is 29.8 Å². The van der Waals surface area contributed by atoms with Gasteiger partial charge in [-0.15, -0.1) is 0 Å². The highest BCUT2D eigenvalue weighted by Crippen LogP contribution is 2.44. The maximum absolute atomic E-state index is 11.9. The molecule has 1 aliphatic heterocycles. The molecule has 0 bridgehead atoms. The number of ether oxygens (including phenoxy) is 3. The molecule has 0 spiro atoms. The van der Waals surface area contributed by atoms with Crippen LogP contribution in [0.5, 0.6) is 17.2 Å². The highest BCUT2D eigenvalue weighted by molar-refractivity contribution is 6.31. The van der Waals surface area contributed by atoms with Crippen LogP contribution in [0.1, 0.15) is 22.8 Å². The second-order valence-corrected chi connectivity index (χ2v) is 7.16. The zero-order valence-corrected chi connectivity index (χ0v) is 16.8. The molecule has 1 aliphatic rings. The molecule has 1 atom stereocenters. The molecule has 29 heavy (non-hydrogen) atoms. The van der Waals surface area contributed by atoms with Gasteiger partial charge in [-0.25, -0.2) is 0 Å². The summed E-state index contributed by atoms with van der Waals surface area (Å²) in [7, 11) is 3.11. The zero-order valence-electron chi connectivity index (χ0n) is 16.1. The molecule has 1 heterocycles. The molecule has 3 aromatic carbocycles. The third-order valence-corrected chi connectivity index (χ3v) is 5.31. The van der Waals surface area contributed by atoms with Crippen LogP contribution in [0.15, 0.2) is 48.2 Å². The van der Waals surface area contributed by atoms with Crippen molar-refractivity contribution >= 4 is 28.4 Å². The summed E-state index contributed by atoms with van der Waals surface area (Å²) in [6, 6.07) is 12.7. The summed E-state index contributed by atoms with van der Waals surface area (Å²) in [5.74, 6) is 1.66. The Balaban J connectivity index is 1.92. The molecule has 0 aliphatic carbocycles. The molecule has 3 aromatic rings. The van der Waals surface area contributed by atoms with Crippen LogP contribution in [0.4, 0.5) is 0 Å². The summed E-state index contributed by atoms with van der Waals surface area (Å²) >= 11 is 6.37. The Morgan fingerprint density at radius 3 is 2.45 bits per heavy atom. The molecule has 7 heteroatoms. The average molecular weight is 412 g/mol. The maximum atomic E-state index is 11.9. The van der Waals surface area contributed by atoms with E-state index in [1.807, 2.05) is 25.1 Å². The Labute approximate surface area is 172 Å². The molecular weight excluding hydrogens is 394 g/mol. The van der Waals surface area contributed by atoms with E-state index < -0.39 is 11.0 Å². The van der Waals surface area contributed by atoms with Crippen LogP contribution in [-0.2, 0) is 0 Å². The van der Waals surface area contributed by atoms with Crippen molar-refractivity contribution in [3.63, 3.8) is 0 Å². The van der Waals surface area contributed by atoms with Gasteiger partial charge in [0.05, 0.1) is 19.1 Å². The van der Waals surface area contributed by atoms with Gasteiger partial charge in [0.15, 0.2) is 11.5 Å². The fourth-order valence-electron chi connectivity index (χ4n) is 3.53. The Morgan fingerprint density at radius 1 is 1.07 bits per heavy atom. The second kappa shape index (κ2) is 7.29. The molecule has 0 saturated carbocycles. The molecule has 6 nitrogen and oxygen atoms in total. The van der Waals surface area contributed by atoms with Crippen molar-refractivity contribution < 1.29 is 19.1 Å². The van der Waals surface area contributed by atoms with Gasteiger partial charge >= 0.3 is 0 Å². The maximum Gasteiger partial charge on any atom is 0.291 e. The predicted molar refractivity (Wildman–Crippen MR) is 112 cm³/mol. The molecule has 0 amide bonds. The number of nitro groups is 1. The van der Waals surface area contributed by atoms with Crippen molar-refractivity contribution in [2.45, 2.75) is 13.0 Å². The number of aryl methyl sites for hydroxylation is 1. The van der Waals surface area contributed by atoms with E-state index in [0.29, 0.717) is 33.4 Å². The fraction of sp³-hybridized carbons (Fsp3) is 0.182. The van der Waals surface area contributed by atoms with Crippen LogP contribution in [-0.4, -0.2) is 19.1 Å². The van der Waals surface area contributed by atoms with Crippen LogP contribution >= 0.6 is 11.6 Å². The molecule has 1 unspecified atom stereocenters. The molecular formula is C22H18ClNO5. The van der Waals surface area contributed by atoms with Crippen molar-refractivity contribution in [1.29, 1.82) is 0 Å². The third kappa shape index (κ3) is 3.25. The lowest BCUT2D eigenvalue weighted by Gasteiger charge is -2.24. The van der Waals surface area contributed by atoms with Gasteiger partial charge in [0.25, 0.3) is 5.70 Å². The van der Waals surface area contributed by atoms with E-state index in [-0.39, 0.29) is 5.70 Å². The van der Waals surface area contributed by atoms with E-state index in [2.05, 4.69) is 0 Å². The van der Waals surface area contributed by atoms with Crippen LogP contribution < -0.4 is 14.2 Å². The number of methoxy groups -OCH3 is 2. The SMILES string of the molecule is COc1cc2ccc3c(c2cc1OC)C=C([N+](=O)[O-])C(c1ccc(C)cc1Cl)O3. The number of rotatable bonds is 4. The van der Waals surface area contributed by atoms with Gasteiger partial charge in [0.2, 0.25) is 6.10 Å². The van der Waals surface area contributed by atoms with Crippen molar-refractivity contribution in [2.75, 3.05) is 14.2 Å². The summed E-state index contributed by atoms with van der Waals surface area (Å²) in [5.41, 5.74) is 2.06. The highest BCUT2D eigenvalue weighted by atomic mass is 35.5. The number of nitrogens with zero attached hydrogens (tertiary/aromatic N) is 1. The second-order valence-electron chi connectivity index (χ2n) is 6.75.